The van der Waals surface area contributed by atoms with E-state index in [0.29, 0.717) is 18.8 Å². The molecule has 0 aliphatic carbocycles. The van der Waals surface area contributed by atoms with E-state index in [4.69, 9.17) is 8.83 Å². The quantitative estimate of drug-likeness (QED) is 0.727. The van der Waals surface area contributed by atoms with Gasteiger partial charge in [-0.2, -0.15) is 4.68 Å². The number of hydrogen-bond donors (Lipinski definition) is 0. The van der Waals surface area contributed by atoms with Crippen LogP contribution in [0.4, 0.5) is 0 Å². The summed E-state index contributed by atoms with van der Waals surface area (Å²) < 4.78 is 11.3. The second-order valence-corrected chi connectivity index (χ2v) is 6.65. The zero-order valence-electron chi connectivity index (χ0n) is 13.0. The van der Waals surface area contributed by atoms with Crippen molar-refractivity contribution in [2.45, 2.75) is 25.9 Å². The van der Waals surface area contributed by atoms with Crippen molar-refractivity contribution in [3.05, 3.63) is 50.8 Å². The Balaban J connectivity index is 1.57. The van der Waals surface area contributed by atoms with Crippen molar-refractivity contribution in [3.8, 4) is 11.7 Å². The van der Waals surface area contributed by atoms with Gasteiger partial charge in [-0.3, -0.25) is 4.79 Å². The van der Waals surface area contributed by atoms with Gasteiger partial charge in [0.1, 0.15) is 6.04 Å². The number of carbonyl (C=O) groups excluding carboxylic acids is 1. The van der Waals surface area contributed by atoms with Crippen LogP contribution >= 0.6 is 11.3 Å². The van der Waals surface area contributed by atoms with Crippen LogP contribution in [-0.4, -0.2) is 27.1 Å². The Morgan fingerprint density at radius 3 is 3.08 bits per heavy atom. The summed E-state index contributed by atoms with van der Waals surface area (Å²) in [7, 11) is 0. The molecule has 4 rings (SSSR count). The predicted molar refractivity (Wildman–Crippen MR) is 86.6 cm³/mol. The van der Waals surface area contributed by atoms with Gasteiger partial charge >= 0.3 is 5.76 Å². The number of amides is 1. The Morgan fingerprint density at radius 1 is 1.42 bits per heavy atom. The average Bonchev–Trinajstić information content (AvgIpc) is 3.32. The first kappa shape index (κ1) is 14.9. The molecule has 0 aromatic carbocycles. The standard InChI is InChI=1S/C16H15N3O4S/c1-10(15(20)18-6-4-13-11(9-18)5-8-24-13)19-16(21)23-14(17-19)12-3-2-7-22-12/h2-3,5,7-8,10H,4,6,9H2,1H3. The van der Waals surface area contributed by atoms with Crippen molar-refractivity contribution in [1.82, 2.24) is 14.7 Å². The minimum atomic E-state index is -0.731. The van der Waals surface area contributed by atoms with Gasteiger partial charge < -0.3 is 13.7 Å². The maximum atomic E-state index is 12.7. The summed E-state index contributed by atoms with van der Waals surface area (Å²) in [6, 6.07) is 4.63. The van der Waals surface area contributed by atoms with Crippen LogP contribution in [0.3, 0.4) is 0 Å². The Kier molecular flexibility index (Phi) is 3.61. The van der Waals surface area contributed by atoms with Gasteiger partial charge in [0.05, 0.1) is 6.26 Å². The summed E-state index contributed by atoms with van der Waals surface area (Å²) in [6.07, 6.45) is 2.31. The van der Waals surface area contributed by atoms with Crippen LogP contribution in [0, 0.1) is 0 Å². The summed E-state index contributed by atoms with van der Waals surface area (Å²) in [5.41, 5.74) is 1.18. The fourth-order valence-electron chi connectivity index (χ4n) is 2.84. The van der Waals surface area contributed by atoms with Crippen LogP contribution in [0.15, 0.2) is 43.5 Å². The smallest absolute Gasteiger partial charge is 0.438 e. The van der Waals surface area contributed by atoms with Gasteiger partial charge in [0.15, 0.2) is 5.76 Å². The van der Waals surface area contributed by atoms with Crippen molar-refractivity contribution < 1.29 is 13.6 Å². The molecular weight excluding hydrogens is 330 g/mol. The van der Waals surface area contributed by atoms with Crippen LogP contribution in [0.1, 0.15) is 23.4 Å². The summed E-state index contributed by atoms with van der Waals surface area (Å²) in [4.78, 5) is 27.9. The van der Waals surface area contributed by atoms with Gasteiger partial charge in [0, 0.05) is 18.0 Å². The largest absolute Gasteiger partial charge is 0.459 e. The summed E-state index contributed by atoms with van der Waals surface area (Å²) in [5.74, 6) is -0.390. The second kappa shape index (κ2) is 5.79. The number of rotatable bonds is 3. The van der Waals surface area contributed by atoms with Gasteiger partial charge in [-0.15, -0.1) is 16.4 Å². The lowest BCUT2D eigenvalue weighted by atomic mass is 10.1. The Bertz CT molecular complexity index is 921. The molecule has 4 heterocycles. The fraction of sp³-hybridized carbons (Fsp3) is 0.312. The normalized spacial score (nSPS) is 15.3. The highest BCUT2D eigenvalue weighted by molar-refractivity contribution is 7.10. The van der Waals surface area contributed by atoms with Crippen molar-refractivity contribution in [2.24, 2.45) is 0 Å². The van der Waals surface area contributed by atoms with Crippen LogP contribution in [0.2, 0.25) is 0 Å². The number of aromatic nitrogens is 2. The first-order chi connectivity index (χ1) is 11.6. The molecule has 8 heteroatoms. The van der Waals surface area contributed by atoms with Gasteiger partial charge in [-0.25, -0.2) is 4.79 Å². The topological polar surface area (TPSA) is 81.5 Å². The highest BCUT2D eigenvalue weighted by Gasteiger charge is 2.29. The van der Waals surface area contributed by atoms with Crippen LogP contribution in [0.25, 0.3) is 11.7 Å². The molecule has 0 spiro atoms. The molecule has 1 atom stereocenters. The third-order valence-corrected chi connectivity index (χ3v) is 5.17. The number of nitrogens with zero attached hydrogens (tertiary/aromatic N) is 3. The summed E-state index contributed by atoms with van der Waals surface area (Å²) in [6.45, 7) is 2.87. The van der Waals surface area contributed by atoms with E-state index >= 15 is 0 Å². The molecule has 3 aromatic heterocycles. The first-order valence-corrected chi connectivity index (χ1v) is 8.49. The number of thiophene rings is 1. The van der Waals surface area contributed by atoms with E-state index in [1.54, 1.807) is 35.3 Å². The zero-order valence-corrected chi connectivity index (χ0v) is 13.8. The molecule has 0 fully saturated rings. The molecule has 0 bridgehead atoms. The number of hydrogen-bond acceptors (Lipinski definition) is 6. The van der Waals surface area contributed by atoms with Crippen molar-refractivity contribution >= 4 is 17.2 Å². The molecule has 1 aliphatic heterocycles. The molecule has 1 aliphatic rings. The molecule has 7 nitrogen and oxygen atoms in total. The SMILES string of the molecule is CC(C(=O)N1CCc2sccc2C1)n1nc(-c2ccco2)oc1=O. The monoisotopic (exact) mass is 345 g/mol. The van der Waals surface area contributed by atoms with E-state index < -0.39 is 11.8 Å². The van der Waals surface area contributed by atoms with E-state index in [1.165, 1.54) is 16.7 Å². The molecule has 0 saturated heterocycles. The Hall–Kier alpha value is -2.61. The van der Waals surface area contributed by atoms with E-state index in [2.05, 4.69) is 5.10 Å². The van der Waals surface area contributed by atoms with Crippen LogP contribution in [-0.2, 0) is 17.8 Å². The molecular formula is C16H15N3O4S. The molecule has 0 N–H and O–H groups in total. The molecule has 124 valence electrons. The number of fused-ring (bicyclic) bond motifs is 1. The van der Waals surface area contributed by atoms with Crippen molar-refractivity contribution in [2.75, 3.05) is 6.54 Å². The van der Waals surface area contributed by atoms with Crippen LogP contribution < -0.4 is 5.76 Å². The van der Waals surface area contributed by atoms with Crippen LogP contribution in [0.5, 0.6) is 0 Å². The molecule has 1 amide bonds. The Labute approximate surface area is 141 Å². The summed E-state index contributed by atoms with van der Waals surface area (Å²) in [5, 5.41) is 6.14. The Morgan fingerprint density at radius 2 is 2.29 bits per heavy atom. The molecule has 0 radical (unpaired) electrons. The summed E-state index contributed by atoms with van der Waals surface area (Å²) >= 11 is 1.72. The molecule has 0 saturated carbocycles. The third-order valence-electron chi connectivity index (χ3n) is 4.15. The van der Waals surface area contributed by atoms with Crippen molar-refractivity contribution in [1.29, 1.82) is 0 Å². The van der Waals surface area contributed by atoms with Gasteiger partial charge in [0.2, 0.25) is 5.91 Å². The minimum absolute atomic E-state index is 0.0726. The van der Waals surface area contributed by atoms with E-state index in [1.807, 2.05) is 11.4 Å². The maximum absolute atomic E-state index is 12.7. The van der Waals surface area contributed by atoms with Crippen molar-refractivity contribution in [3.63, 3.8) is 0 Å². The zero-order chi connectivity index (χ0) is 16.7. The lowest BCUT2D eigenvalue weighted by Gasteiger charge is -2.29. The van der Waals surface area contributed by atoms with E-state index in [-0.39, 0.29) is 11.8 Å². The lowest BCUT2D eigenvalue weighted by Crippen LogP contribution is -2.41. The number of furan rings is 1. The molecule has 3 aromatic rings. The van der Waals surface area contributed by atoms with E-state index in [9.17, 15) is 9.59 Å². The minimum Gasteiger partial charge on any atom is -0.459 e. The fourth-order valence-corrected chi connectivity index (χ4v) is 3.73. The van der Waals surface area contributed by atoms with Gasteiger partial charge in [-0.1, -0.05) is 0 Å². The van der Waals surface area contributed by atoms with Gasteiger partial charge in [-0.05, 0) is 42.5 Å². The highest BCUT2D eigenvalue weighted by Crippen LogP contribution is 2.25. The first-order valence-electron chi connectivity index (χ1n) is 7.61. The third kappa shape index (κ3) is 2.48. The average molecular weight is 345 g/mol. The highest BCUT2D eigenvalue weighted by atomic mass is 32.1. The van der Waals surface area contributed by atoms with E-state index in [0.717, 1.165) is 11.1 Å². The predicted octanol–water partition coefficient (Wildman–Crippen LogP) is 2.30. The lowest BCUT2D eigenvalue weighted by molar-refractivity contribution is -0.135. The van der Waals surface area contributed by atoms with Gasteiger partial charge in [0.25, 0.3) is 5.89 Å². The second-order valence-electron chi connectivity index (χ2n) is 5.65. The molecule has 1 unspecified atom stereocenters. The number of carbonyl (C=O) groups is 1. The maximum Gasteiger partial charge on any atom is 0.438 e. The molecule has 24 heavy (non-hydrogen) atoms.